The summed E-state index contributed by atoms with van der Waals surface area (Å²) in [6, 6.07) is 2.12. The first-order valence-corrected chi connectivity index (χ1v) is 7.97. The van der Waals surface area contributed by atoms with Gasteiger partial charge in [-0.1, -0.05) is 0 Å². The lowest BCUT2D eigenvalue weighted by atomic mass is 9.63. The Kier molecular flexibility index (Phi) is 2.54. The van der Waals surface area contributed by atoms with Gasteiger partial charge in [-0.05, 0) is 30.7 Å². The first kappa shape index (κ1) is 13.5. The van der Waals surface area contributed by atoms with E-state index in [4.69, 9.17) is 14.2 Å². The van der Waals surface area contributed by atoms with E-state index < -0.39 is 11.5 Å². The van der Waals surface area contributed by atoms with E-state index in [2.05, 4.69) is 4.90 Å². The molecule has 1 unspecified atom stereocenters. The van der Waals surface area contributed by atoms with Crippen molar-refractivity contribution in [3.05, 3.63) is 29.0 Å². The summed E-state index contributed by atoms with van der Waals surface area (Å²) in [7, 11) is 1.64. The smallest absolute Gasteiger partial charge is 0.231 e. The third kappa shape index (κ3) is 1.50. The van der Waals surface area contributed by atoms with Gasteiger partial charge in [0.15, 0.2) is 11.5 Å². The third-order valence-electron chi connectivity index (χ3n) is 5.92. The predicted octanol–water partition coefficient (Wildman–Crippen LogP) is 1.46. The van der Waals surface area contributed by atoms with Crippen molar-refractivity contribution in [1.29, 1.82) is 0 Å². The summed E-state index contributed by atoms with van der Waals surface area (Å²) in [6.45, 7) is 1.83. The second-order valence-electron chi connectivity index (χ2n) is 6.75. The second-order valence-corrected chi connectivity index (χ2v) is 6.75. The van der Waals surface area contributed by atoms with Crippen LogP contribution in [-0.2, 0) is 12.0 Å². The predicted molar refractivity (Wildman–Crippen MR) is 80.9 cm³/mol. The van der Waals surface area contributed by atoms with Crippen LogP contribution < -0.4 is 14.2 Å². The molecule has 1 aromatic carbocycles. The minimum Gasteiger partial charge on any atom is -0.512 e. The van der Waals surface area contributed by atoms with E-state index in [1.165, 1.54) is 0 Å². The maximum atomic E-state index is 10.8. The summed E-state index contributed by atoms with van der Waals surface area (Å²) >= 11 is 0. The number of aliphatic hydroxyl groups excluding tert-OH is 2. The van der Waals surface area contributed by atoms with Crippen LogP contribution in [0.3, 0.4) is 0 Å². The third-order valence-corrected chi connectivity index (χ3v) is 5.92. The van der Waals surface area contributed by atoms with Crippen LogP contribution in [0.15, 0.2) is 17.9 Å². The molecule has 3 heterocycles. The maximum Gasteiger partial charge on any atom is 0.231 e. The van der Waals surface area contributed by atoms with Gasteiger partial charge in [-0.2, -0.15) is 0 Å². The van der Waals surface area contributed by atoms with Crippen LogP contribution in [0.1, 0.15) is 24.0 Å². The molecule has 5 rings (SSSR count). The van der Waals surface area contributed by atoms with Crippen LogP contribution in [-0.4, -0.2) is 47.7 Å². The average Bonchev–Trinajstić information content (AvgIpc) is 3.08. The minimum absolute atomic E-state index is 0.111. The molecule has 1 aromatic rings. The van der Waals surface area contributed by atoms with Crippen molar-refractivity contribution in [1.82, 2.24) is 4.90 Å². The molecule has 1 fully saturated rings. The van der Waals surface area contributed by atoms with Crippen molar-refractivity contribution in [2.45, 2.75) is 36.9 Å². The van der Waals surface area contributed by atoms with Gasteiger partial charge in [0, 0.05) is 30.0 Å². The molecule has 0 saturated carbocycles. The zero-order chi connectivity index (χ0) is 15.8. The van der Waals surface area contributed by atoms with E-state index in [1.54, 1.807) is 13.2 Å². The van der Waals surface area contributed by atoms with E-state index in [9.17, 15) is 10.2 Å². The molecule has 2 N–H and O–H groups in total. The summed E-state index contributed by atoms with van der Waals surface area (Å²) in [6.07, 6.45) is 2.31. The first-order chi connectivity index (χ1) is 11.1. The Morgan fingerprint density at radius 1 is 1.39 bits per heavy atom. The second kappa shape index (κ2) is 4.33. The molecule has 122 valence electrons. The highest BCUT2D eigenvalue weighted by atomic mass is 16.7. The first-order valence-electron chi connectivity index (χ1n) is 7.97. The van der Waals surface area contributed by atoms with E-state index in [1.807, 2.05) is 6.07 Å². The lowest BCUT2D eigenvalue weighted by Crippen LogP contribution is -2.55. The highest BCUT2D eigenvalue weighted by Gasteiger charge is 2.58. The Hall–Kier alpha value is -1.92. The molecule has 1 saturated heterocycles. The van der Waals surface area contributed by atoms with Crippen LogP contribution in [0.25, 0.3) is 0 Å². The Labute approximate surface area is 133 Å². The van der Waals surface area contributed by atoms with Gasteiger partial charge in [0.1, 0.15) is 0 Å². The van der Waals surface area contributed by atoms with E-state index in [0.29, 0.717) is 23.7 Å². The molecule has 2 bridgehead atoms. The normalized spacial score (nSPS) is 36.3. The molecule has 3 aliphatic heterocycles. The fourth-order valence-corrected chi connectivity index (χ4v) is 4.93. The topological polar surface area (TPSA) is 71.4 Å². The molecular formula is C17H19NO5. The Balaban J connectivity index is 1.79. The van der Waals surface area contributed by atoms with Crippen molar-refractivity contribution in [2.75, 3.05) is 20.4 Å². The fourth-order valence-electron chi connectivity index (χ4n) is 4.93. The minimum atomic E-state index is -0.713. The fraction of sp³-hybridized carbons (Fsp3) is 0.529. The molecule has 0 amide bonds. The van der Waals surface area contributed by atoms with Gasteiger partial charge < -0.3 is 24.4 Å². The van der Waals surface area contributed by atoms with Gasteiger partial charge in [0.2, 0.25) is 12.5 Å². The summed E-state index contributed by atoms with van der Waals surface area (Å²) < 4.78 is 16.8. The van der Waals surface area contributed by atoms with Crippen molar-refractivity contribution in [3.8, 4) is 17.2 Å². The molecule has 1 aliphatic carbocycles. The zero-order valence-electron chi connectivity index (χ0n) is 12.9. The van der Waals surface area contributed by atoms with Crippen molar-refractivity contribution < 1.29 is 24.4 Å². The molecule has 4 aliphatic rings. The standard InChI is InChI=1S/C17H19NO5/c1-21-15-10-7-18-3-2-17(13(18)4-9(19)5-14(17)20)11(10)6-12-16(15)23-8-22-12/h5-6,13-14,19-20H,2-4,7-8H2,1H3/t13-,14-,17+/m1/s1. The van der Waals surface area contributed by atoms with Gasteiger partial charge >= 0.3 is 0 Å². The maximum absolute atomic E-state index is 10.8. The SMILES string of the molecule is COc1c2c(cc3c1OCO3)[C@@]13CCN(C2)[C@@H]1CC(O)=C[C@H]3O. The molecule has 0 radical (unpaired) electrons. The van der Waals surface area contributed by atoms with Crippen LogP contribution >= 0.6 is 0 Å². The Bertz CT molecular complexity index is 730. The monoisotopic (exact) mass is 317 g/mol. The van der Waals surface area contributed by atoms with E-state index >= 15 is 0 Å². The molecule has 6 heteroatoms. The van der Waals surface area contributed by atoms with E-state index in [-0.39, 0.29) is 18.6 Å². The van der Waals surface area contributed by atoms with E-state index in [0.717, 1.165) is 30.6 Å². The summed E-state index contributed by atoms with van der Waals surface area (Å²) in [5.41, 5.74) is 1.74. The molecule has 6 nitrogen and oxygen atoms in total. The number of fused-ring (bicyclic) bond motifs is 2. The van der Waals surface area contributed by atoms with Gasteiger partial charge in [-0.15, -0.1) is 0 Å². The number of aliphatic hydroxyl groups is 2. The van der Waals surface area contributed by atoms with Gasteiger partial charge in [0.05, 0.1) is 19.0 Å². The van der Waals surface area contributed by atoms with Gasteiger partial charge in [-0.3, -0.25) is 4.90 Å². The number of methoxy groups -OCH3 is 1. The van der Waals surface area contributed by atoms with Crippen LogP contribution in [0, 0.1) is 0 Å². The van der Waals surface area contributed by atoms with Crippen LogP contribution in [0.5, 0.6) is 17.2 Å². The molecule has 4 atom stereocenters. The summed E-state index contributed by atoms with van der Waals surface area (Å²) in [5, 5.41) is 20.8. The highest BCUT2D eigenvalue weighted by molar-refractivity contribution is 5.64. The number of rotatable bonds is 1. The summed E-state index contributed by atoms with van der Waals surface area (Å²) in [4.78, 5) is 2.33. The quantitative estimate of drug-likeness (QED) is 0.817. The lowest BCUT2D eigenvalue weighted by molar-refractivity contribution is 0.0489. The average molecular weight is 317 g/mol. The highest BCUT2D eigenvalue weighted by Crippen LogP contribution is 2.58. The van der Waals surface area contributed by atoms with Crippen molar-refractivity contribution in [3.63, 3.8) is 0 Å². The van der Waals surface area contributed by atoms with Crippen molar-refractivity contribution in [2.24, 2.45) is 0 Å². The number of ether oxygens (including phenoxy) is 3. The van der Waals surface area contributed by atoms with Gasteiger partial charge in [-0.25, -0.2) is 0 Å². The van der Waals surface area contributed by atoms with Crippen molar-refractivity contribution >= 4 is 0 Å². The van der Waals surface area contributed by atoms with Gasteiger partial charge in [0.25, 0.3) is 0 Å². The zero-order valence-corrected chi connectivity index (χ0v) is 12.9. The number of nitrogens with zero attached hydrogens (tertiary/aromatic N) is 1. The molecule has 0 aromatic heterocycles. The molecule has 0 spiro atoms. The largest absolute Gasteiger partial charge is 0.512 e. The number of hydrogen-bond acceptors (Lipinski definition) is 6. The summed E-state index contributed by atoms with van der Waals surface area (Å²) in [5.74, 6) is 2.33. The number of benzene rings is 1. The molecular weight excluding hydrogens is 298 g/mol. The lowest BCUT2D eigenvalue weighted by Gasteiger charge is -2.48. The van der Waals surface area contributed by atoms with Crippen LogP contribution in [0.4, 0.5) is 0 Å². The Morgan fingerprint density at radius 3 is 3.09 bits per heavy atom. The molecule has 23 heavy (non-hydrogen) atoms. The van der Waals surface area contributed by atoms with Crippen LogP contribution in [0.2, 0.25) is 0 Å². The Morgan fingerprint density at radius 2 is 2.26 bits per heavy atom. The number of hydrogen-bond donors (Lipinski definition) is 2.